The molecule has 1 atom stereocenters. The van der Waals surface area contributed by atoms with Crippen molar-refractivity contribution < 1.29 is 5.11 Å². The zero-order valence-corrected chi connectivity index (χ0v) is 17.3. The molecule has 1 aliphatic heterocycles. The zero-order valence-electron chi connectivity index (χ0n) is 17.3. The van der Waals surface area contributed by atoms with Crippen LogP contribution in [0.4, 0.5) is 5.69 Å². The molecule has 3 aromatic heterocycles. The molecule has 1 saturated heterocycles. The van der Waals surface area contributed by atoms with E-state index in [9.17, 15) is 9.90 Å². The maximum atomic E-state index is 12.8. The molecule has 0 aliphatic carbocycles. The first-order valence-corrected chi connectivity index (χ1v) is 10.3. The molecule has 1 aliphatic rings. The molecule has 3 aromatic rings. The van der Waals surface area contributed by atoms with E-state index in [1.807, 2.05) is 25.3 Å². The third-order valence-corrected chi connectivity index (χ3v) is 5.68. The standard InChI is InChI=1S/C21H27N7O2/c1-3-16(22)17-10-19(25-24-17)18-11-21(30)28-13-15(4-5-20(28)23-18)27-7-6-26(8-9-29)14(2)12-27/h4-5,10-11,13-14,22,29H,3,6-9,12H2,1-2H3,(H,24,25)/t14-/m1/s1. The lowest BCUT2D eigenvalue weighted by Crippen LogP contribution is -2.52. The minimum atomic E-state index is -0.162. The minimum Gasteiger partial charge on any atom is -0.395 e. The number of aromatic amines is 1. The lowest BCUT2D eigenvalue weighted by Gasteiger charge is -2.40. The summed E-state index contributed by atoms with van der Waals surface area (Å²) in [6.07, 6.45) is 2.43. The quantitative estimate of drug-likeness (QED) is 0.530. The van der Waals surface area contributed by atoms with E-state index in [1.165, 1.54) is 6.07 Å². The number of aliphatic hydroxyl groups is 1. The zero-order chi connectivity index (χ0) is 21.3. The molecule has 0 aromatic carbocycles. The van der Waals surface area contributed by atoms with Crippen molar-refractivity contribution in [2.24, 2.45) is 0 Å². The van der Waals surface area contributed by atoms with Crippen LogP contribution in [-0.2, 0) is 0 Å². The Kier molecular flexibility index (Phi) is 5.65. The highest BCUT2D eigenvalue weighted by molar-refractivity contribution is 5.96. The minimum absolute atomic E-state index is 0.162. The number of anilines is 1. The third-order valence-electron chi connectivity index (χ3n) is 5.68. The van der Waals surface area contributed by atoms with Gasteiger partial charge in [0.05, 0.1) is 29.4 Å². The molecular weight excluding hydrogens is 382 g/mol. The Morgan fingerprint density at radius 3 is 2.90 bits per heavy atom. The average molecular weight is 409 g/mol. The molecule has 9 heteroatoms. The summed E-state index contributed by atoms with van der Waals surface area (Å²) < 4.78 is 1.56. The number of nitrogens with zero attached hydrogens (tertiary/aromatic N) is 5. The van der Waals surface area contributed by atoms with Gasteiger partial charge in [-0.15, -0.1) is 0 Å². The fourth-order valence-electron chi connectivity index (χ4n) is 3.90. The molecule has 0 radical (unpaired) electrons. The van der Waals surface area contributed by atoms with E-state index in [4.69, 9.17) is 5.41 Å². The molecule has 0 unspecified atom stereocenters. The van der Waals surface area contributed by atoms with Crippen molar-refractivity contribution in [3.63, 3.8) is 0 Å². The Labute approximate surface area is 174 Å². The molecule has 158 valence electrons. The van der Waals surface area contributed by atoms with E-state index in [0.29, 0.717) is 47.4 Å². The fraction of sp³-hybridized carbons (Fsp3) is 0.429. The van der Waals surface area contributed by atoms with Gasteiger partial charge in [-0.2, -0.15) is 5.10 Å². The normalized spacial score (nSPS) is 17.6. The number of aromatic nitrogens is 4. The lowest BCUT2D eigenvalue weighted by molar-refractivity contribution is 0.146. The van der Waals surface area contributed by atoms with Gasteiger partial charge in [0.25, 0.3) is 5.56 Å². The van der Waals surface area contributed by atoms with Gasteiger partial charge < -0.3 is 15.4 Å². The predicted molar refractivity (Wildman–Crippen MR) is 116 cm³/mol. The Balaban J connectivity index is 1.61. The first kappa shape index (κ1) is 20.2. The highest BCUT2D eigenvalue weighted by atomic mass is 16.3. The summed E-state index contributed by atoms with van der Waals surface area (Å²) in [5, 5.41) is 24.1. The monoisotopic (exact) mass is 409 g/mol. The van der Waals surface area contributed by atoms with Crippen molar-refractivity contribution in [2.75, 3.05) is 37.7 Å². The van der Waals surface area contributed by atoms with Crippen LogP contribution in [0.25, 0.3) is 17.0 Å². The molecule has 0 bridgehead atoms. The van der Waals surface area contributed by atoms with Crippen LogP contribution in [0.15, 0.2) is 35.3 Å². The number of hydrogen-bond donors (Lipinski definition) is 3. The molecule has 0 saturated carbocycles. The van der Waals surface area contributed by atoms with Gasteiger partial charge in [-0.25, -0.2) is 4.98 Å². The van der Waals surface area contributed by atoms with E-state index in [2.05, 4.69) is 31.9 Å². The number of aliphatic hydroxyl groups excluding tert-OH is 1. The van der Waals surface area contributed by atoms with Crippen LogP contribution in [0.3, 0.4) is 0 Å². The van der Waals surface area contributed by atoms with Gasteiger partial charge in [-0.1, -0.05) is 6.92 Å². The number of pyridine rings is 1. The number of β-amino-alcohol motifs (C(OH)–C–C–N with tert-alkyl or cyclic N) is 1. The van der Waals surface area contributed by atoms with Crippen LogP contribution in [0.5, 0.6) is 0 Å². The van der Waals surface area contributed by atoms with Gasteiger partial charge in [0, 0.05) is 44.5 Å². The molecule has 4 heterocycles. The molecule has 0 amide bonds. The van der Waals surface area contributed by atoms with E-state index in [0.717, 1.165) is 25.3 Å². The molecule has 30 heavy (non-hydrogen) atoms. The fourth-order valence-corrected chi connectivity index (χ4v) is 3.90. The smallest absolute Gasteiger partial charge is 0.258 e. The van der Waals surface area contributed by atoms with Crippen LogP contribution in [0, 0.1) is 5.41 Å². The van der Waals surface area contributed by atoms with Gasteiger partial charge >= 0.3 is 0 Å². The van der Waals surface area contributed by atoms with Gasteiger partial charge in [-0.05, 0) is 31.5 Å². The van der Waals surface area contributed by atoms with E-state index >= 15 is 0 Å². The average Bonchev–Trinajstić information content (AvgIpc) is 3.25. The maximum absolute atomic E-state index is 12.8. The molecule has 1 fully saturated rings. The summed E-state index contributed by atoms with van der Waals surface area (Å²) in [5.74, 6) is 0. The Bertz CT molecular complexity index is 1120. The SMILES string of the molecule is CCC(=N)c1cc(-c2cc(=O)n3cc(N4CCN(CCO)[C@H](C)C4)ccc3n2)[nH]n1. The van der Waals surface area contributed by atoms with Gasteiger partial charge in [0.1, 0.15) is 11.3 Å². The Morgan fingerprint density at radius 1 is 1.33 bits per heavy atom. The van der Waals surface area contributed by atoms with Gasteiger partial charge in [0.15, 0.2) is 0 Å². The first-order chi connectivity index (χ1) is 14.5. The van der Waals surface area contributed by atoms with Crippen LogP contribution in [0.2, 0.25) is 0 Å². The van der Waals surface area contributed by atoms with Crippen molar-refractivity contribution in [3.05, 3.63) is 46.5 Å². The number of H-pyrrole nitrogens is 1. The number of rotatable bonds is 6. The summed E-state index contributed by atoms with van der Waals surface area (Å²) in [4.78, 5) is 21.9. The second-order valence-corrected chi connectivity index (χ2v) is 7.65. The highest BCUT2D eigenvalue weighted by Gasteiger charge is 2.23. The number of fused-ring (bicyclic) bond motifs is 1. The second kappa shape index (κ2) is 8.37. The lowest BCUT2D eigenvalue weighted by atomic mass is 10.1. The molecule has 0 spiro atoms. The first-order valence-electron chi connectivity index (χ1n) is 10.3. The van der Waals surface area contributed by atoms with Crippen LogP contribution >= 0.6 is 0 Å². The Morgan fingerprint density at radius 2 is 2.17 bits per heavy atom. The van der Waals surface area contributed by atoms with Crippen LogP contribution in [-0.4, -0.2) is 74.1 Å². The largest absolute Gasteiger partial charge is 0.395 e. The van der Waals surface area contributed by atoms with Crippen molar-refractivity contribution >= 4 is 17.0 Å². The van der Waals surface area contributed by atoms with Crippen molar-refractivity contribution in [2.45, 2.75) is 26.3 Å². The summed E-state index contributed by atoms with van der Waals surface area (Å²) in [7, 11) is 0. The summed E-state index contributed by atoms with van der Waals surface area (Å²) >= 11 is 0. The third kappa shape index (κ3) is 3.86. The van der Waals surface area contributed by atoms with Crippen molar-refractivity contribution in [1.82, 2.24) is 24.5 Å². The Hall–Kier alpha value is -3.04. The maximum Gasteiger partial charge on any atom is 0.258 e. The number of piperazine rings is 1. The van der Waals surface area contributed by atoms with Crippen molar-refractivity contribution in [3.8, 4) is 11.4 Å². The molecule has 4 rings (SSSR count). The van der Waals surface area contributed by atoms with E-state index < -0.39 is 0 Å². The highest BCUT2D eigenvalue weighted by Crippen LogP contribution is 2.21. The second-order valence-electron chi connectivity index (χ2n) is 7.65. The predicted octanol–water partition coefficient (Wildman–Crippen LogP) is 1.37. The van der Waals surface area contributed by atoms with E-state index in [1.54, 1.807) is 10.5 Å². The molecule has 3 N–H and O–H groups in total. The number of hydrogen-bond acceptors (Lipinski definition) is 7. The molecule has 9 nitrogen and oxygen atoms in total. The molecular formula is C21H27N7O2. The summed E-state index contributed by atoms with van der Waals surface area (Å²) in [5.41, 5.74) is 3.53. The topological polar surface area (TPSA) is 114 Å². The van der Waals surface area contributed by atoms with Crippen LogP contribution in [0.1, 0.15) is 26.0 Å². The van der Waals surface area contributed by atoms with Gasteiger partial charge in [-0.3, -0.25) is 19.2 Å². The summed E-state index contributed by atoms with van der Waals surface area (Å²) in [6, 6.07) is 7.42. The van der Waals surface area contributed by atoms with E-state index in [-0.39, 0.29) is 12.2 Å². The number of nitrogens with one attached hydrogen (secondary N) is 2. The van der Waals surface area contributed by atoms with Gasteiger partial charge in [0.2, 0.25) is 0 Å². The summed E-state index contributed by atoms with van der Waals surface area (Å²) in [6.45, 7) is 7.47. The van der Waals surface area contributed by atoms with Crippen LogP contribution < -0.4 is 10.5 Å². The van der Waals surface area contributed by atoms with Crippen molar-refractivity contribution in [1.29, 1.82) is 5.41 Å².